The number of benzene rings is 1. The van der Waals surface area contributed by atoms with Crippen LogP contribution in [0.3, 0.4) is 0 Å². The average Bonchev–Trinajstić information content (AvgIpc) is 2.74. The highest BCUT2D eigenvalue weighted by atomic mass is 32.2. The molecule has 0 aliphatic carbocycles. The normalized spacial score (nSPS) is 21.7. The summed E-state index contributed by atoms with van der Waals surface area (Å²) in [5.41, 5.74) is 0.589. The molecule has 0 saturated carbocycles. The number of nitrogens with zero attached hydrogens (tertiary/aromatic N) is 2. The van der Waals surface area contributed by atoms with E-state index in [0.717, 1.165) is 32.5 Å². The summed E-state index contributed by atoms with van der Waals surface area (Å²) in [6.45, 7) is 6.15. The summed E-state index contributed by atoms with van der Waals surface area (Å²) < 4.78 is 43.7. The molecule has 2 aliphatic rings. The molecule has 2 aliphatic heterocycles. The Morgan fingerprint density at radius 3 is 2.69 bits per heavy atom. The number of carbonyl (C=O) groups is 1. The molecule has 1 atom stereocenters. The van der Waals surface area contributed by atoms with Crippen LogP contribution in [0, 0.1) is 0 Å². The van der Waals surface area contributed by atoms with Crippen LogP contribution in [0.4, 0.5) is 0 Å². The fourth-order valence-electron chi connectivity index (χ4n) is 3.75. The van der Waals surface area contributed by atoms with Crippen molar-refractivity contribution in [3.63, 3.8) is 0 Å². The molecule has 29 heavy (non-hydrogen) atoms. The van der Waals surface area contributed by atoms with Gasteiger partial charge in [0.25, 0.3) is 0 Å². The average molecular weight is 427 g/mol. The number of likely N-dealkylation sites (tertiary alicyclic amines) is 1. The van der Waals surface area contributed by atoms with Gasteiger partial charge in [-0.1, -0.05) is 13.0 Å². The molecular weight excluding hydrogens is 396 g/mol. The molecule has 3 rings (SSSR count). The predicted octanol–water partition coefficient (Wildman–Crippen LogP) is 1.29. The number of hydrogen-bond donors (Lipinski definition) is 0. The zero-order valence-electron chi connectivity index (χ0n) is 17.1. The first kappa shape index (κ1) is 22.0. The Bertz CT molecular complexity index is 807. The second-order valence-corrected chi connectivity index (χ2v) is 9.23. The molecule has 0 N–H and O–H groups in total. The largest absolute Gasteiger partial charge is 0.495 e. The highest BCUT2D eigenvalue weighted by molar-refractivity contribution is 7.89. The van der Waals surface area contributed by atoms with Crippen LogP contribution < -0.4 is 4.74 Å². The molecule has 9 heteroatoms. The maximum Gasteiger partial charge on any atom is 0.310 e. The highest BCUT2D eigenvalue weighted by Crippen LogP contribution is 2.29. The molecule has 2 heterocycles. The van der Waals surface area contributed by atoms with Gasteiger partial charge in [-0.25, -0.2) is 8.42 Å². The molecule has 0 spiro atoms. The number of sulfonamides is 1. The monoisotopic (exact) mass is 426 g/mol. The lowest BCUT2D eigenvalue weighted by atomic mass is 10.1. The first-order valence-corrected chi connectivity index (χ1v) is 11.5. The third-order valence-corrected chi connectivity index (χ3v) is 7.29. The van der Waals surface area contributed by atoms with Crippen LogP contribution in [0.1, 0.15) is 25.3 Å². The van der Waals surface area contributed by atoms with E-state index in [9.17, 15) is 13.2 Å². The fraction of sp³-hybridized carbons (Fsp3) is 0.650. The van der Waals surface area contributed by atoms with E-state index in [0.29, 0.717) is 31.9 Å². The summed E-state index contributed by atoms with van der Waals surface area (Å²) in [7, 11) is -2.30. The minimum absolute atomic E-state index is 0.0260. The minimum atomic E-state index is -3.73. The number of piperidine rings is 1. The number of carbonyl (C=O) groups excluding carboxylic acids is 1. The van der Waals surface area contributed by atoms with Crippen LogP contribution in [0.15, 0.2) is 23.1 Å². The van der Waals surface area contributed by atoms with Crippen molar-refractivity contribution < 1.29 is 27.4 Å². The third kappa shape index (κ3) is 5.48. The number of methoxy groups -OCH3 is 1. The highest BCUT2D eigenvalue weighted by Gasteiger charge is 2.30. The third-order valence-electron chi connectivity index (χ3n) is 5.37. The zero-order valence-corrected chi connectivity index (χ0v) is 17.9. The second-order valence-electron chi connectivity index (χ2n) is 7.33. The summed E-state index contributed by atoms with van der Waals surface area (Å²) in [4.78, 5) is 14.8. The van der Waals surface area contributed by atoms with E-state index in [1.54, 1.807) is 12.1 Å². The molecule has 8 nitrogen and oxygen atoms in total. The van der Waals surface area contributed by atoms with Crippen molar-refractivity contribution in [2.24, 2.45) is 0 Å². The summed E-state index contributed by atoms with van der Waals surface area (Å²) in [5, 5.41) is 0. The second kappa shape index (κ2) is 9.88. The van der Waals surface area contributed by atoms with Gasteiger partial charge < -0.3 is 14.2 Å². The first-order valence-electron chi connectivity index (χ1n) is 10.1. The summed E-state index contributed by atoms with van der Waals surface area (Å²) in [6.07, 6.45) is 1.79. The minimum Gasteiger partial charge on any atom is -0.495 e. The van der Waals surface area contributed by atoms with Crippen LogP contribution in [0.2, 0.25) is 0 Å². The van der Waals surface area contributed by atoms with Gasteiger partial charge in [-0.3, -0.25) is 9.69 Å². The van der Waals surface area contributed by atoms with Crippen molar-refractivity contribution in [1.29, 1.82) is 0 Å². The lowest BCUT2D eigenvalue weighted by Gasteiger charge is -2.31. The molecule has 0 amide bonds. The molecule has 0 bridgehead atoms. The molecule has 0 aromatic heterocycles. The Hall–Kier alpha value is -1.68. The van der Waals surface area contributed by atoms with E-state index in [2.05, 4.69) is 11.8 Å². The van der Waals surface area contributed by atoms with Gasteiger partial charge in [0.2, 0.25) is 10.0 Å². The number of likely N-dealkylation sites (N-methyl/N-ethyl adjacent to an activating group) is 1. The van der Waals surface area contributed by atoms with Crippen LogP contribution in [0.25, 0.3) is 0 Å². The smallest absolute Gasteiger partial charge is 0.310 e. The van der Waals surface area contributed by atoms with Crippen molar-refractivity contribution in [3.05, 3.63) is 23.8 Å². The molecule has 1 aromatic rings. The van der Waals surface area contributed by atoms with Crippen molar-refractivity contribution in [2.75, 3.05) is 53.0 Å². The number of hydrogen-bond acceptors (Lipinski definition) is 7. The molecule has 1 aromatic carbocycles. The lowest BCUT2D eigenvalue weighted by molar-refractivity contribution is -0.150. The van der Waals surface area contributed by atoms with E-state index >= 15 is 0 Å². The predicted molar refractivity (Wildman–Crippen MR) is 108 cm³/mol. The van der Waals surface area contributed by atoms with Crippen LogP contribution in [0.5, 0.6) is 5.75 Å². The molecule has 162 valence electrons. The van der Waals surface area contributed by atoms with Gasteiger partial charge in [0, 0.05) is 19.6 Å². The van der Waals surface area contributed by atoms with E-state index in [-0.39, 0.29) is 29.1 Å². The van der Waals surface area contributed by atoms with Gasteiger partial charge in [0.15, 0.2) is 0 Å². The lowest BCUT2D eigenvalue weighted by Crippen LogP contribution is -2.41. The standard InChI is InChI=1S/C20H30N2O6S/c1-3-21-8-4-5-17(15-21)28-20(23)14-16-6-7-18(26-2)19(13-16)29(24,25)22-9-11-27-12-10-22/h6-7,13,17H,3-5,8-12,14-15H2,1-2H3. The van der Waals surface area contributed by atoms with E-state index in [1.165, 1.54) is 17.5 Å². The fourth-order valence-corrected chi connectivity index (χ4v) is 5.36. The van der Waals surface area contributed by atoms with Crippen molar-refractivity contribution >= 4 is 16.0 Å². The van der Waals surface area contributed by atoms with Crippen molar-refractivity contribution in [2.45, 2.75) is 37.2 Å². The van der Waals surface area contributed by atoms with Gasteiger partial charge in [-0.15, -0.1) is 0 Å². The Morgan fingerprint density at radius 2 is 2.00 bits per heavy atom. The number of esters is 1. The molecular formula is C20H30N2O6S. The van der Waals surface area contributed by atoms with Crippen molar-refractivity contribution in [3.8, 4) is 5.75 Å². The summed E-state index contributed by atoms with van der Waals surface area (Å²) >= 11 is 0. The summed E-state index contributed by atoms with van der Waals surface area (Å²) in [5.74, 6) is -0.0766. The van der Waals surface area contributed by atoms with Gasteiger partial charge in [0.05, 0.1) is 26.7 Å². The first-order chi connectivity index (χ1) is 13.9. The van der Waals surface area contributed by atoms with E-state index < -0.39 is 10.0 Å². The van der Waals surface area contributed by atoms with E-state index in [1.807, 2.05) is 0 Å². The van der Waals surface area contributed by atoms with Gasteiger partial charge >= 0.3 is 5.97 Å². The van der Waals surface area contributed by atoms with Crippen LogP contribution >= 0.6 is 0 Å². The van der Waals surface area contributed by atoms with E-state index in [4.69, 9.17) is 14.2 Å². The van der Waals surface area contributed by atoms with Gasteiger partial charge in [-0.05, 0) is 43.6 Å². The SMILES string of the molecule is CCN1CCCC(OC(=O)Cc2ccc(OC)c(S(=O)(=O)N3CCOCC3)c2)C1. The topological polar surface area (TPSA) is 85.4 Å². The van der Waals surface area contributed by atoms with Gasteiger partial charge in [0.1, 0.15) is 16.7 Å². The maximum absolute atomic E-state index is 13.1. The number of morpholine rings is 1. The Morgan fingerprint density at radius 1 is 1.24 bits per heavy atom. The Labute approximate surface area is 172 Å². The Kier molecular flexibility index (Phi) is 7.50. The molecule has 2 saturated heterocycles. The Balaban J connectivity index is 1.72. The summed E-state index contributed by atoms with van der Waals surface area (Å²) in [6, 6.07) is 4.82. The quantitative estimate of drug-likeness (QED) is 0.607. The van der Waals surface area contributed by atoms with Gasteiger partial charge in [-0.2, -0.15) is 4.31 Å². The molecule has 2 fully saturated rings. The molecule has 1 unspecified atom stereocenters. The van der Waals surface area contributed by atoms with Crippen LogP contribution in [-0.4, -0.2) is 82.7 Å². The van der Waals surface area contributed by atoms with Crippen LogP contribution in [-0.2, 0) is 30.7 Å². The molecule has 0 radical (unpaired) electrons. The zero-order chi connectivity index (χ0) is 20.9. The number of ether oxygens (including phenoxy) is 3. The maximum atomic E-state index is 13.1. The number of rotatable bonds is 7. The van der Waals surface area contributed by atoms with Crippen molar-refractivity contribution in [1.82, 2.24) is 9.21 Å².